The van der Waals surface area contributed by atoms with Crippen LogP contribution in [0.1, 0.15) is 171 Å². The Morgan fingerprint density at radius 3 is 1.38 bits per heavy atom. The SMILES string of the molecule is C[C@@H]1CN(CC(=O)N2CC(C)(C)c3[nH]c(=O)c(Cc4ccc(F)cc4)cc32)[C@@H](CN2CCC[C@@H](C(CCCCCCCCCCCC(N)=O)(C(N)=O)[C@@H]3CCCN(C[C@H]4CN[C@H](C)CN4CC(=O)N4CC(C)(C)c5[nH]c(=O)c(Cc6ccc(F)cc6)cc54)C3)C2)CN1. The largest absolute Gasteiger partial charge is 0.370 e. The van der Waals surface area contributed by atoms with Gasteiger partial charge in [0, 0.05) is 142 Å². The van der Waals surface area contributed by atoms with Gasteiger partial charge in [0.1, 0.15) is 11.6 Å². The van der Waals surface area contributed by atoms with Crippen molar-refractivity contribution in [1.82, 2.24) is 40.2 Å². The molecule has 6 aliphatic rings. The molecule has 8 heterocycles. The Bertz CT molecular complexity index is 3140. The highest BCUT2D eigenvalue weighted by molar-refractivity contribution is 5.98. The van der Waals surface area contributed by atoms with Gasteiger partial charge in [-0.3, -0.25) is 38.6 Å². The van der Waals surface area contributed by atoms with Crippen molar-refractivity contribution in [2.24, 2.45) is 28.7 Å². The van der Waals surface area contributed by atoms with Gasteiger partial charge in [0.25, 0.3) is 11.1 Å². The highest BCUT2D eigenvalue weighted by Gasteiger charge is 2.52. The van der Waals surface area contributed by atoms with Crippen molar-refractivity contribution < 1.29 is 28.0 Å². The number of anilines is 2. The second kappa shape index (κ2) is 30.1. The van der Waals surface area contributed by atoms with Gasteiger partial charge in [0.15, 0.2) is 0 Å². The molecule has 0 saturated carbocycles. The molecule has 18 nitrogen and oxygen atoms in total. The first-order valence-corrected chi connectivity index (χ1v) is 34.6. The van der Waals surface area contributed by atoms with Crippen molar-refractivity contribution in [3.8, 4) is 0 Å². The number of likely N-dealkylation sites (tertiary alicyclic amines) is 2. The van der Waals surface area contributed by atoms with Crippen LogP contribution in [0, 0.1) is 28.9 Å². The lowest BCUT2D eigenvalue weighted by Gasteiger charge is -2.52. The molecular weight excluding hydrogens is 1170 g/mol. The number of nitrogens with two attached hydrogens (primary N) is 2. The van der Waals surface area contributed by atoms with Gasteiger partial charge < -0.3 is 51.7 Å². The fourth-order valence-corrected chi connectivity index (χ4v) is 16.5. The average Bonchev–Trinajstić information content (AvgIpc) is 1.47. The molecule has 0 unspecified atom stereocenters. The number of piperazine rings is 2. The topological polar surface area (TPSA) is 230 Å². The molecule has 10 rings (SSSR count). The number of primary amides is 2. The van der Waals surface area contributed by atoms with Gasteiger partial charge in [-0.05, 0) is 125 Å². The summed E-state index contributed by atoms with van der Waals surface area (Å²) in [6.45, 7) is 21.3. The minimum atomic E-state index is -0.749. The van der Waals surface area contributed by atoms with Crippen LogP contribution in [0.3, 0.4) is 0 Å². The first-order valence-electron chi connectivity index (χ1n) is 34.6. The molecule has 6 atom stereocenters. The summed E-state index contributed by atoms with van der Waals surface area (Å²) in [6.07, 6.45) is 14.8. The third-order valence-electron chi connectivity index (χ3n) is 21.5. The Hall–Kier alpha value is -6.16. The lowest BCUT2D eigenvalue weighted by atomic mass is 9.59. The van der Waals surface area contributed by atoms with Crippen LogP contribution in [-0.2, 0) is 42.8 Å². The molecule has 4 aromatic rings. The highest BCUT2D eigenvalue weighted by atomic mass is 19.1. The Morgan fingerprint density at radius 1 is 0.576 bits per heavy atom. The zero-order valence-electron chi connectivity index (χ0n) is 55.7. The van der Waals surface area contributed by atoms with Crippen LogP contribution in [0.2, 0.25) is 0 Å². The molecule has 502 valence electrons. The molecule has 0 radical (unpaired) electrons. The van der Waals surface area contributed by atoms with E-state index in [-0.39, 0.29) is 95.5 Å². The van der Waals surface area contributed by atoms with E-state index in [0.29, 0.717) is 69.7 Å². The number of nitrogens with zero attached hydrogens (tertiary/aromatic N) is 6. The monoisotopic (exact) mass is 1270 g/mol. The average molecular weight is 1270 g/mol. The number of halogens is 2. The van der Waals surface area contributed by atoms with Crippen LogP contribution < -0.4 is 43.0 Å². The van der Waals surface area contributed by atoms with E-state index in [1.165, 1.54) is 24.3 Å². The van der Waals surface area contributed by atoms with Crippen molar-refractivity contribution in [2.75, 3.05) is 101 Å². The summed E-state index contributed by atoms with van der Waals surface area (Å²) in [7, 11) is 0. The van der Waals surface area contributed by atoms with Gasteiger partial charge in [0.2, 0.25) is 23.6 Å². The number of fused-ring (bicyclic) bond motifs is 2. The molecule has 4 saturated heterocycles. The minimum absolute atomic E-state index is 0.0209. The minimum Gasteiger partial charge on any atom is -0.370 e. The Morgan fingerprint density at radius 2 is 0.978 bits per heavy atom. The molecule has 2 aromatic carbocycles. The van der Waals surface area contributed by atoms with Gasteiger partial charge in [0.05, 0.1) is 29.9 Å². The summed E-state index contributed by atoms with van der Waals surface area (Å²) in [4.78, 5) is 103. The lowest BCUT2D eigenvalue weighted by Crippen LogP contribution is -2.63. The number of H-pyrrole nitrogens is 2. The van der Waals surface area contributed by atoms with E-state index in [1.807, 2.05) is 21.9 Å². The summed E-state index contributed by atoms with van der Waals surface area (Å²) < 4.78 is 27.7. The van der Waals surface area contributed by atoms with E-state index in [4.69, 9.17) is 11.5 Å². The van der Waals surface area contributed by atoms with E-state index in [0.717, 1.165) is 163 Å². The second-order valence-electron chi connectivity index (χ2n) is 29.6. The second-order valence-corrected chi connectivity index (χ2v) is 29.6. The summed E-state index contributed by atoms with van der Waals surface area (Å²) in [5.41, 5.74) is 15.8. The first-order chi connectivity index (χ1) is 44.0. The van der Waals surface area contributed by atoms with Gasteiger partial charge in [-0.2, -0.15) is 0 Å². The van der Waals surface area contributed by atoms with Crippen LogP contribution in [0.15, 0.2) is 70.3 Å². The van der Waals surface area contributed by atoms with E-state index >= 15 is 0 Å². The quantitative estimate of drug-likeness (QED) is 0.0320. The van der Waals surface area contributed by atoms with Gasteiger partial charge in [-0.15, -0.1) is 0 Å². The van der Waals surface area contributed by atoms with E-state index in [1.54, 1.807) is 24.3 Å². The number of nitrogens with one attached hydrogen (secondary N) is 4. The van der Waals surface area contributed by atoms with E-state index in [9.17, 15) is 37.5 Å². The summed E-state index contributed by atoms with van der Waals surface area (Å²) in [5.74, 6) is -1.10. The highest BCUT2D eigenvalue weighted by Crippen LogP contribution is 2.49. The number of benzene rings is 2. The number of carbonyl (C=O) groups excluding carboxylic acids is 4. The summed E-state index contributed by atoms with van der Waals surface area (Å²) >= 11 is 0. The van der Waals surface area contributed by atoms with Gasteiger partial charge in [-0.1, -0.05) is 103 Å². The molecule has 0 aliphatic carbocycles. The fraction of sp³-hybridized carbons (Fsp3) is 0.639. The smallest absolute Gasteiger partial charge is 0.251 e. The predicted octanol–water partition coefficient (Wildman–Crippen LogP) is 7.47. The maximum absolute atomic E-state index is 14.9. The molecule has 4 amide bonds. The predicted molar refractivity (Wildman–Crippen MR) is 359 cm³/mol. The van der Waals surface area contributed by atoms with Gasteiger partial charge in [-0.25, -0.2) is 8.78 Å². The summed E-state index contributed by atoms with van der Waals surface area (Å²) in [5, 5.41) is 7.45. The molecule has 4 fully saturated rings. The number of hydrogen-bond acceptors (Lipinski definition) is 12. The molecule has 0 spiro atoms. The third kappa shape index (κ3) is 16.5. The zero-order valence-corrected chi connectivity index (χ0v) is 55.7. The van der Waals surface area contributed by atoms with Crippen molar-refractivity contribution in [2.45, 2.75) is 186 Å². The Balaban J connectivity index is 0.835. The molecule has 92 heavy (non-hydrogen) atoms. The number of pyridine rings is 2. The number of piperidine rings is 2. The number of unbranched alkanes of at least 4 members (excludes halogenated alkanes) is 8. The number of aromatic amines is 2. The van der Waals surface area contributed by atoms with E-state index < -0.39 is 16.2 Å². The van der Waals surface area contributed by atoms with Crippen molar-refractivity contribution in [1.29, 1.82) is 0 Å². The molecular formula is C72H104F2N12O6. The van der Waals surface area contributed by atoms with Crippen LogP contribution in [0.25, 0.3) is 0 Å². The fourth-order valence-electron chi connectivity index (χ4n) is 16.5. The molecule has 20 heteroatoms. The van der Waals surface area contributed by atoms with Gasteiger partial charge >= 0.3 is 0 Å². The van der Waals surface area contributed by atoms with Crippen LogP contribution in [0.5, 0.6) is 0 Å². The number of amides is 4. The number of hydrogen-bond donors (Lipinski definition) is 6. The molecule has 8 N–H and O–H groups in total. The Labute approximate surface area is 543 Å². The van der Waals surface area contributed by atoms with E-state index in [2.05, 4.69) is 81.7 Å². The maximum atomic E-state index is 14.9. The maximum Gasteiger partial charge on any atom is 0.251 e. The van der Waals surface area contributed by atoms with Crippen molar-refractivity contribution in [3.63, 3.8) is 0 Å². The third-order valence-corrected chi connectivity index (χ3v) is 21.5. The normalized spacial score (nSPS) is 23.8. The lowest BCUT2D eigenvalue weighted by molar-refractivity contribution is -0.141. The van der Waals surface area contributed by atoms with Crippen LogP contribution >= 0.6 is 0 Å². The van der Waals surface area contributed by atoms with Crippen molar-refractivity contribution >= 4 is 35.0 Å². The number of carbonyl (C=O) groups is 4. The molecule has 2 aromatic heterocycles. The number of rotatable bonds is 27. The first kappa shape index (κ1) is 68.7. The summed E-state index contributed by atoms with van der Waals surface area (Å²) in [6, 6.07) is 16.4. The number of aromatic nitrogens is 2. The van der Waals surface area contributed by atoms with Crippen LogP contribution in [-0.4, -0.2) is 169 Å². The standard InChI is InChI=1S/C72H104F2N12O6/c1-48-38-83(44-63(88)85-46-70(3,4)65-60(85)34-52(67(90)79-65)32-50-21-25-56(73)26-22-50)58(36-77-48)42-81-30-16-18-54(40-81)72(69(76)92,29-15-13-11-9-7-8-10-12-14-20-62(75)87)55-19-17-31-82(41-55)43-59-37-78-49(2)39-84(59)45-64(89)86-47-71(5,6)66-61(86)35-53(68(91)80-66)33-51-23-27-57(74)28-24-51/h21-28,34-35,48-49,54-55,58-59,77-78H,7-20,29-33,36-47H2,1-6H3,(H2,75,87)(H2,76,92)(H,79,90)(H,80,91)/t48-,49-,54-,55-,58-,59-/m1/s1. The molecule has 6 aliphatic heterocycles. The van der Waals surface area contributed by atoms with Crippen LogP contribution in [0.4, 0.5) is 20.2 Å². The Kier molecular flexibility index (Phi) is 22.4. The molecule has 0 bridgehead atoms. The van der Waals surface area contributed by atoms with Crippen molar-refractivity contribution in [3.05, 3.63) is 127 Å². The zero-order chi connectivity index (χ0) is 65.5.